The molecule has 1 aliphatic heterocycles. The first kappa shape index (κ1) is 12.5. The predicted octanol–water partition coefficient (Wildman–Crippen LogP) is 3.99. The monoisotopic (exact) mass is 248 g/mol. The maximum absolute atomic E-state index is 4.72. The fraction of sp³-hybridized carbons (Fsp3) is 0.500. The molecule has 0 spiro atoms. The molecule has 0 fully saturated rings. The van der Waals surface area contributed by atoms with E-state index in [-0.39, 0.29) is 0 Å². The summed E-state index contributed by atoms with van der Waals surface area (Å²) < 4.78 is 0. The Labute approximate surface area is 108 Å². The summed E-state index contributed by atoms with van der Waals surface area (Å²) in [5, 5.41) is 4.52. The van der Waals surface area contributed by atoms with E-state index in [1.165, 1.54) is 23.3 Å². The lowest BCUT2D eigenvalue weighted by molar-refractivity contribution is 0.634. The molecule has 0 saturated carbocycles. The molecule has 0 aliphatic carbocycles. The van der Waals surface area contributed by atoms with E-state index in [0.717, 1.165) is 17.3 Å². The van der Waals surface area contributed by atoms with Gasteiger partial charge in [0.15, 0.2) is 5.17 Å². The summed E-state index contributed by atoms with van der Waals surface area (Å²) >= 11 is 1.83. The first-order valence-electron chi connectivity index (χ1n) is 6.23. The molecule has 1 atom stereocenters. The van der Waals surface area contributed by atoms with Crippen LogP contribution in [0.1, 0.15) is 30.9 Å². The van der Waals surface area contributed by atoms with Crippen molar-refractivity contribution < 1.29 is 0 Å². The molecule has 0 radical (unpaired) electrons. The van der Waals surface area contributed by atoms with E-state index in [4.69, 9.17) is 4.99 Å². The fourth-order valence-electron chi connectivity index (χ4n) is 2.09. The van der Waals surface area contributed by atoms with Crippen LogP contribution in [-0.4, -0.2) is 17.0 Å². The standard InChI is InChI=1S/C14H20N2S/c1-4-12-5-6-17-14(15-12)16-13-8-10(2)7-11(3)9-13/h7-9,12H,4-6H2,1-3H3,(H,15,16). The van der Waals surface area contributed by atoms with Gasteiger partial charge < -0.3 is 5.32 Å². The average molecular weight is 248 g/mol. The van der Waals surface area contributed by atoms with Gasteiger partial charge in [0.2, 0.25) is 0 Å². The van der Waals surface area contributed by atoms with Crippen molar-refractivity contribution >= 4 is 22.6 Å². The number of benzene rings is 1. The van der Waals surface area contributed by atoms with Crippen molar-refractivity contribution in [2.75, 3.05) is 11.1 Å². The zero-order valence-corrected chi connectivity index (χ0v) is 11.6. The van der Waals surface area contributed by atoms with Gasteiger partial charge in [0.05, 0.1) is 6.04 Å². The minimum Gasteiger partial charge on any atom is -0.335 e. The number of hydrogen-bond donors (Lipinski definition) is 1. The maximum atomic E-state index is 4.72. The lowest BCUT2D eigenvalue weighted by Gasteiger charge is -2.19. The van der Waals surface area contributed by atoms with E-state index < -0.39 is 0 Å². The molecule has 1 aromatic carbocycles. The molecule has 1 heterocycles. The number of nitrogens with one attached hydrogen (secondary N) is 1. The van der Waals surface area contributed by atoms with Crippen molar-refractivity contribution in [2.24, 2.45) is 4.99 Å². The van der Waals surface area contributed by atoms with Crippen LogP contribution in [0.15, 0.2) is 23.2 Å². The van der Waals surface area contributed by atoms with Crippen molar-refractivity contribution in [1.82, 2.24) is 0 Å². The summed E-state index contributed by atoms with van der Waals surface area (Å²) in [6.07, 6.45) is 2.35. The highest BCUT2D eigenvalue weighted by Crippen LogP contribution is 2.22. The first-order chi connectivity index (χ1) is 8.17. The second-order valence-corrected chi connectivity index (χ2v) is 5.72. The van der Waals surface area contributed by atoms with Gasteiger partial charge in [-0.2, -0.15) is 0 Å². The summed E-state index contributed by atoms with van der Waals surface area (Å²) in [5.74, 6) is 1.18. The van der Waals surface area contributed by atoms with Crippen LogP contribution in [0.2, 0.25) is 0 Å². The topological polar surface area (TPSA) is 24.4 Å². The van der Waals surface area contributed by atoms with Crippen LogP contribution in [0.25, 0.3) is 0 Å². The van der Waals surface area contributed by atoms with Crippen molar-refractivity contribution in [3.8, 4) is 0 Å². The van der Waals surface area contributed by atoms with Gasteiger partial charge in [0, 0.05) is 11.4 Å². The predicted molar refractivity (Wildman–Crippen MR) is 78.1 cm³/mol. The SMILES string of the molecule is CCC1CCSC(Nc2cc(C)cc(C)c2)=N1. The Bertz CT molecular complexity index is 406. The zero-order valence-electron chi connectivity index (χ0n) is 10.8. The third-order valence-electron chi connectivity index (χ3n) is 2.93. The number of aryl methyl sites for hydroxylation is 2. The van der Waals surface area contributed by atoms with Gasteiger partial charge in [0.1, 0.15) is 0 Å². The van der Waals surface area contributed by atoms with E-state index in [0.29, 0.717) is 6.04 Å². The number of aliphatic imine (C=N–C) groups is 1. The number of anilines is 1. The number of hydrogen-bond acceptors (Lipinski definition) is 3. The Morgan fingerprint density at radius 2 is 2.00 bits per heavy atom. The molecule has 0 saturated heterocycles. The highest BCUT2D eigenvalue weighted by atomic mass is 32.2. The molecular weight excluding hydrogens is 228 g/mol. The van der Waals surface area contributed by atoms with Crippen LogP contribution in [0, 0.1) is 13.8 Å². The minimum absolute atomic E-state index is 0.504. The Hall–Kier alpha value is -0.960. The van der Waals surface area contributed by atoms with Gasteiger partial charge in [-0.3, -0.25) is 4.99 Å². The van der Waals surface area contributed by atoms with Crippen molar-refractivity contribution in [1.29, 1.82) is 0 Å². The van der Waals surface area contributed by atoms with E-state index in [1.807, 2.05) is 11.8 Å². The third-order valence-corrected chi connectivity index (χ3v) is 3.85. The van der Waals surface area contributed by atoms with Gasteiger partial charge >= 0.3 is 0 Å². The van der Waals surface area contributed by atoms with Crippen LogP contribution in [0.3, 0.4) is 0 Å². The Morgan fingerprint density at radius 3 is 2.65 bits per heavy atom. The molecule has 1 unspecified atom stereocenters. The van der Waals surface area contributed by atoms with E-state index in [9.17, 15) is 0 Å². The molecule has 1 N–H and O–H groups in total. The molecule has 1 aromatic rings. The molecule has 0 bridgehead atoms. The third kappa shape index (κ3) is 3.50. The number of amidine groups is 1. The minimum atomic E-state index is 0.504. The van der Waals surface area contributed by atoms with Crippen molar-refractivity contribution in [3.05, 3.63) is 29.3 Å². The Morgan fingerprint density at radius 1 is 1.29 bits per heavy atom. The summed E-state index contributed by atoms with van der Waals surface area (Å²) in [4.78, 5) is 4.72. The number of nitrogens with zero attached hydrogens (tertiary/aromatic N) is 1. The molecule has 17 heavy (non-hydrogen) atoms. The molecule has 92 valence electrons. The number of rotatable bonds is 2. The van der Waals surface area contributed by atoms with Crippen LogP contribution in [0.4, 0.5) is 5.69 Å². The highest BCUT2D eigenvalue weighted by Gasteiger charge is 2.13. The van der Waals surface area contributed by atoms with Crippen LogP contribution in [-0.2, 0) is 0 Å². The van der Waals surface area contributed by atoms with Crippen molar-refractivity contribution in [3.63, 3.8) is 0 Å². The molecule has 3 heteroatoms. The molecular formula is C14H20N2S. The highest BCUT2D eigenvalue weighted by molar-refractivity contribution is 8.14. The summed E-state index contributed by atoms with van der Waals surface area (Å²) in [7, 11) is 0. The summed E-state index contributed by atoms with van der Waals surface area (Å²) in [5.41, 5.74) is 3.74. The van der Waals surface area contributed by atoms with E-state index in [2.05, 4.69) is 44.3 Å². The van der Waals surface area contributed by atoms with Gasteiger partial charge in [-0.15, -0.1) is 0 Å². The zero-order chi connectivity index (χ0) is 12.3. The summed E-state index contributed by atoms with van der Waals surface area (Å²) in [6, 6.07) is 7.04. The van der Waals surface area contributed by atoms with Gasteiger partial charge in [0.25, 0.3) is 0 Å². The van der Waals surface area contributed by atoms with Crippen LogP contribution >= 0.6 is 11.8 Å². The molecule has 2 nitrogen and oxygen atoms in total. The second-order valence-electron chi connectivity index (χ2n) is 4.63. The molecule has 1 aliphatic rings. The van der Waals surface area contributed by atoms with Crippen LogP contribution in [0.5, 0.6) is 0 Å². The molecule has 0 amide bonds. The second kappa shape index (κ2) is 5.58. The van der Waals surface area contributed by atoms with Crippen LogP contribution < -0.4 is 5.32 Å². The van der Waals surface area contributed by atoms with Crippen molar-refractivity contribution in [2.45, 2.75) is 39.7 Å². The average Bonchev–Trinajstić information content (AvgIpc) is 2.28. The smallest absolute Gasteiger partial charge is 0.161 e. The fourth-order valence-corrected chi connectivity index (χ4v) is 3.09. The quantitative estimate of drug-likeness (QED) is 0.856. The normalized spacial score (nSPS) is 19.9. The van der Waals surface area contributed by atoms with Gasteiger partial charge in [-0.05, 0) is 49.9 Å². The van der Waals surface area contributed by atoms with E-state index >= 15 is 0 Å². The Kier molecular flexibility index (Phi) is 4.11. The molecule has 0 aromatic heterocycles. The van der Waals surface area contributed by atoms with E-state index in [1.54, 1.807) is 0 Å². The first-order valence-corrected chi connectivity index (χ1v) is 7.22. The van der Waals surface area contributed by atoms with Gasteiger partial charge in [-0.25, -0.2) is 0 Å². The van der Waals surface area contributed by atoms with Gasteiger partial charge in [-0.1, -0.05) is 24.8 Å². The molecule has 2 rings (SSSR count). The largest absolute Gasteiger partial charge is 0.335 e. The summed E-state index contributed by atoms with van der Waals surface area (Å²) in [6.45, 7) is 6.46. The Balaban J connectivity index is 2.12. The lowest BCUT2D eigenvalue weighted by Crippen LogP contribution is -2.19. The maximum Gasteiger partial charge on any atom is 0.161 e. The lowest BCUT2D eigenvalue weighted by atomic mass is 10.1. The number of thioether (sulfide) groups is 1.